The van der Waals surface area contributed by atoms with E-state index in [1.54, 1.807) is 6.07 Å². The van der Waals surface area contributed by atoms with E-state index in [9.17, 15) is 0 Å². The predicted molar refractivity (Wildman–Crippen MR) is 63.0 cm³/mol. The number of halogens is 2. The summed E-state index contributed by atoms with van der Waals surface area (Å²) in [5, 5.41) is 4.47. The fraction of sp³-hybridized carbons (Fsp3) is 0.273. The third kappa shape index (κ3) is 3.91. The molecule has 0 saturated heterocycles. The van der Waals surface area contributed by atoms with Gasteiger partial charge in [0.1, 0.15) is 0 Å². The van der Waals surface area contributed by atoms with E-state index in [4.69, 9.17) is 29.6 Å². The highest BCUT2D eigenvalue weighted by molar-refractivity contribution is 6.35. The second-order valence-electron chi connectivity index (χ2n) is 2.89. The molecule has 0 atom stereocenters. The lowest BCUT2D eigenvalue weighted by atomic mass is 10.3. The summed E-state index contributed by atoms with van der Waals surface area (Å²) in [6.07, 6.45) is 6.86. The number of benzene rings is 1. The van der Waals surface area contributed by atoms with E-state index in [-0.39, 0.29) is 0 Å². The standard InChI is InChI=1S/C11H11Cl2N/c1-2-3-4-5-14-11-7-9(12)6-10(13)8-11/h1,6-8,14H,3-5H2. The molecule has 0 heterocycles. The lowest BCUT2D eigenvalue weighted by Gasteiger charge is -2.05. The Labute approximate surface area is 94.4 Å². The number of hydrogen-bond acceptors (Lipinski definition) is 1. The minimum absolute atomic E-state index is 0.636. The highest BCUT2D eigenvalue weighted by Crippen LogP contribution is 2.22. The van der Waals surface area contributed by atoms with Crippen molar-refractivity contribution in [2.75, 3.05) is 11.9 Å². The van der Waals surface area contributed by atoms with Gasteiger partial charge in [-0.25, -0.2) is 0 Å². The van der Waals surface area contributed by atoms with E-state index >= 15 is 0 Å². The molecule has 0 aromatic heterocycles. The first-order chi connectivity index (χ1) is 6.72. The summed E-state index contributed by atoms with van der Waals surface area (Å²) in [6, 6.07) is 5.38. The van der Waals surface area contributed by atoms with Crippen molar-refractivity contribution in [1.82, 2.24) is 0 Å². The van der Waals surface area contributed by atoms with Crippen LogP contribution in [0, 0.1) is 12.3 Å². The first kappa shape index (κ1) is 11.2. The fourth-order valence-corrected chi connectivity index (χ4v) is 1.61. The summed E-state index contributed by atoms with van der Waals surface area (Å²) in [4.78, 5) is 0. The van der Waals surface area contributed by atoms with Crippen molar-refractivity contribution in [3.8, 4) is 12.3 Å². The van der Waals surface area contributed by atoms with Gasteiger partial charge in [0.25, 0.3) is 0 Å². The Kier molecular flexibility index (Phi) is 4.65. The maximum absolute atomic E-state index is 5.83. The molecule has 74 valence electrons. The van der Waals surface area contributed by atoms with Gasteiger partial charge in [-0.05, 0) is 24.6 Å². The molecule has 1 N–H and O–H groups in total. The summed E-state index contributed by atoms with van der Waals surface area (Å²) in [7, 11) is 0. The number of hydrogen-bond donors (Lipinski definition) is 1. The van der Waals surface area contributed by atoms with Crippen LogP contribution in [-0.2, 0) is 0 Å². The molecule has 0 aliphatic carbocycles. The van der Waals surface area contributed by atoms with Crippen LogP contribution in [0.3, 0.4) is 0 Å². The number of terminal acetylenes is 1. The highest BCUT2D eigenvalue weighted by atomic mass is 35.5. The average Bonchev–Trinajstić information content (AvgIpc) is 2.11. The molecule has 0 bridgehead atoms. The molecule has 0 unspecified atom stereocenters. The van der Waals surface area contributed by atoms with Crippen molar-refractivity contribution < 1.29 is 0 Å². The van der Waals surface area contributed by atoms with E-state index < -0.39 is 0 Å². The lowest BCUT2D eigenvalue weighted by Crippen LogP contribution is -2.00. The van der Waals surface area contributed by atoms with Crippen molar-refractivity contribution in [3.05, 3.63) is 28.2 Å². The summed E-state index contributed by atoms with van der Waals surface area (Å²) < 4.78 is 0. The fourth-order valence-electron chi connectivity index (χ4n) is 1.08. The van der Waals surface area contributed by atoms with Gasteiger partial charge in [-0.1, -0.05) is 23.2 Å². The molecule has 0 saturated carbocycles. The summed E-state index contributed by atoms with van der Waals surface area (Å²) in [6.45, 7) is 0.834. The zero-order valence-electron chi connectivity index (χ0n) is 7.69. The van der Waals surface area contributed by atoms with Gasteiger partial charge in [0.15, 0.2) is 0 Å². The number of nitrogens with one attached hydrogen (secondary N) is 1. The normalized spacial score (nSPS) is 9.50. The first-order valence-electron chi connectivity index (χ1n) is 4.36. The Morgan fingerprint density at radius 3 is 2.43 bits per heavy atom. The minimum atomic E-state index is 0.636. The van der Waals surface area contributed by atoms with Crippen LogP contribution in [0.25, 0.3) is 0 Å². The Morgan fingerprint density at radius 2 is 1.86 bits per heavy atom. The molecule has 0 spiro atoms. The topological polar surface area (TPSA) is 12.0 Å². The van der Waals surface area contributed by atoms with Crippen LogP contribution < -0.4 is 5.32 Å². The van der Waals surface area contributed by atoms with Gasteiger partial charge in [-0.2, -0.15) is 0 Å². The molecule has 14 heavy (non-hydrogen) atoms. The first-order valence-corrected chi connectivity index (χ1v) is 5.11. The Morgan fingerprint density at radius 1 is 1.21 bits per heavy atom. The molecule has 0 radical (unpaired) electrons. The SMILES string of the molecule is C#CCCCNc1cc(Cl)cc(Cl)c1. The third-order valence-electron chi connectivity index (χ3n) is 1.69. The monoisotopic (exact) mass is 227 g/mol. The van der Waals surface area contributed by atoms with Crippen LogP contribution in [0.5, 0.6) is 0 Å². The molecule has 1 rings (SSSR count). The third-order valence-corrected chi connectivity index (χ3v) is 2.13. The largest absolute Gasteiger partial charge is 0.385 e. The van der Waals surface area contributed by atoms with Gasteiger partial charge in [-0.3, -0.25) is 0 Å². The molecule has 0 fully saturated rings. The van der Waals surface area contributed by atoms with Crippen LogP contribution in [0.15, 0.2) is 18.2 Å². The average molecular weight is 228 g/mol. The maximum atomic E-state index is 5.83. The Balaban J connectivity index is 2.47. The lowest BCUT2D eigenvalue weighted by molar-refractivity contribution is 0.907. The van der Waals surface area contributed by atoms with Gasteiger partial charge >= 0.3 is 0 Å². The molecule has 1 aromatic carbocycles. The molecule has 1 nitrogen and oxygen atoms in total. The quantitative estimate of drug-likeness (QED) is 0.610. The van der Waals surface area contributed by atoms with Crippen molar-refractivity contribution in [3.63, 3.8) is 0 Å². The number of unbranched alkanes of at least 4 members (excludes halogenated alkanes) is 1. The zero-order chi connectivity index (χ0) is 10.4. The van der Waals surface area contributed by atoms with Gasteiger partial charge in [0.2, 0.25) is 0 Å². The van der Waals surface area contributed by atoms with Gasteiger partial charge < -0.3 is 5.32 Å². The number of anilines is 1. The molecule has 0 aliphatic heterocycles. The molecule has 0 aliphatic rings. The van der Waals surface area contributed by atoms with Crippen molar-refractivity contribution in [1.29, 1.82) is 0 Å². The van der Waals surface area contributed by atoms with Gasteiger partial charge in [-0.15, -0.1) is 12.3 Å². The predicted octanol–water partition coefficient (Wildman–Crippen LogP) is 3.82. The van der Waals surface area contributed by atoms with Crippen molar-refractivity contribution >= 4 is 28.9 Å². The molecular weight excluding hydrogens is 217 g/mol. The van der Waals surface area contributed by atoms with E-state index in [1.165, 1.54) is 0 Å². The second kappa shape index (κ2) is 5.80. The zero-order valence-corrected chi connectivity index (χ0v) is 9.20. The van der Waals surface area contributed by atoms with Crippen molar-refractivity contribution in [2.24, 2.45) is 0 Å². The highest BCUT2D eigenvalue weighted by Gasteiger charge is 1.96. The van der Waals surface area contributed by atoms with Gasteiger partial charge in [0.05, 0.1) is 0 Å². The molecule has 0 amide bonds. The maximum Gasteiger partial charge on any atom is 0.0441 e. The molecular formula is C11H11Cl2N. The van der Waals surface area contributed by atoms with E-state index in [0.29, 0.717) is 10.0 Å². The molecule has 3 heteroatoms. The Hall–Kier alpha value is -0.840. The van der Waals surface area contributed by atoms with Crippen molar-refractivity contribution in [2.45, 2.75) is 12.8 Å². The van der Waals surface area contributed by atoms with E-state index in [0.717, 1.165) is 25.1 Å². The summed E-state index contributed by atoms with van der Waals surface area (Å²) in [5.41, 5.74) is 0.930. The van der Waals surface area contributed by atoms with Crippen LogP contribution in [-0.4, -0.2) is 6.54 Å². The van der Waals surface area contributed by atoms with E-state index in [2.05, 4.69) is 11.2 Å². The van der Waals surface area contributed by atoms with Crippen LogP contribution in [0.1, 0.15) is 12.8 Å². The molecule has 1 aromatic rings. The Bertz CT molecular complexity index is 321. The van der Waals surface area contributed by atoms with Gasteiger partial charge in [0, 0.05) is 28.7 Å². The second-order valence-corrected chi connectivity index (χ2v) is 3.77. The number of rotatable bonds is 4. The van der Waals surface area contributed by atoms with Crippen LogP contribution >= 0.6 is 23.2 Å². The van der Waals surface area contributed by atoms with E-state index in [1.807, 2.05) is 12.1 Å². The van der Waals surface area contributed by atoms with Crippen LogP contribution in [0.2, 0.25) is 10.0 Å². The van der Waals surface area contributed by atoms with Crippen LogP contribution in [0.4, 0.5) is 5.69 Å². The summed E-state index contributed by atoms with van der Waals surface area (Å²) >= 11 is 11.7. The summed E-state index contributed by atoms with van der Waals surface area (Å²) in [5.74, 6) is 2.58. The smallest absolute Gasteiger partial charge is 0.0441 e. The minimum Gasteiger partial charge on any atom is -0.385 e.